The van der Waals surface area contributed by atoms with Crippen LogP contribution in [0.5, 0.6) is 5.75 Å². The molecule has 0 radical (unpaired) electrons. The molecule has 0 spiro atoms. The summed E-state index contributed by atoms with van der Waals surface area (Å²) in [4.78, 5) is 2.27. The van der Waals surface area contributed by atoms with E-state index in [2.05, 4.69) is 46.4 Å². The van der Waals surface area contributed by atoms with Gasteiger partial charge in [-0.3, -0.25) is 10.00 Å². The van der Waals surface area contributed by atoms with Crippen molar-refractivity contribution in [2.45, 2.75) is 19.1 Å². The maximum absolute atomic E-state index is 6.07. The van der Waals surface area contributed by atoms with Crippen LogP contribution < -0.4 is 4.74 Å². The Balaban J connectivity index is 1.30. The van der Waals surface area contributed by atoms with E-state index in [9.17, 15) is 0 Å². The van der Waals surface area contributed by atoms with Gasteiger partial charge in [0.25, 0.3) is 0 Å². The molecule has 0 amide bonds. The molecule has 4 aromatic rings. The average molecular weight is 359 g/mol. The van der Waals surface area contributed by atoms with Crippen molar-refractivity contribution in [2.75, 3.05) is 13.6 Å². The molecule has 5 nitrogen and oxygen atoms in total. The fourth-order valence-corrected chi connectivity index (χ4v) is 3.81. The molecule has 0 unspecified atom stereocenters. The van der Waals surface area contributed by atoms with Crippen molar-refractivity contribution >= 4 is 11.0 Å². The van der Waals surface area contributed by atoms with Gasteiger partial charge in [-0.15, -0.1) is 0 Å². The lowest BCUT2D eigenvalue weighted by atomic mass is 10.1. The van der Waals surface area contributed by atoms with Gasteiger partial charge in [0.15, 0.2) is 5.76 Å². The predicted octanol–water partition coefficient (Wildman–Crippen LogP) is 4.26. The Morgan fingerprint density at radius 3 is 2.89 bits per heavy atom. The molecular formula is C22H21N3O2. The number of ether oxygens (including phenoxy) is 1. The molecule has 136 valence electrons. The topological polar surface area (TPSA) is 54.3 Å². The van der Waals surface area contributed by atoms with E-state index >= 15 is 0 Å². The van der Waals surface area contributed by atoms with Crippen LogP contribution in [-0.4, -0.2) is 34.8 Å². The van der Waals surface area contributed by atoms with Gasteiger partial charge in [0.2, 0.25) is 0 Å². The van der Waals surface area contributed by atoms with Crippen molar-refractivity contribution in [2.24, 2.45) is 0 Å². The van der Waals surface area contributed by atoms with Gasteiger partial charge >= 0.3 is 0 Å². The summed E-state index contributed by atoms with van der Waals surface area (Å²) in [5, 5.41) is 8.43. The molecule has 2 aromatic heterocycles. The third-order valence-electron chi connectivity index (χ3n) is 5.06. The van der Waals surface area contributed by atoms with Crippen molar-refractivity contribution in [3.63, 3.8) is 0 Å². The van der Waals surface area contributed by atoms with E-state index in [1.807, 2.05) is 36.5 Å². The minimum Gasteiger partial charge on any atom is -0.488 e. The highest BCUT2D eigenvalue weighted by molar-refractivity contribution is 5.82. The summed E-state index contributed by atoms with van der Waals surface area (Å²) < 4.78 is 12.1. The molecule has 5 rings (SSSR count). The van der Waals surface area contributed by atoms with E-state index in [1.54, 1.807) is 0 Å². The molecule has 0 bridgehead atoms. The minimum atomic E-state index is 0.189. The highest BCUT2D eigenvalue weighted by Crippen LogP contribution is 2.30. The molecule has 27 heavy (non-hydrogen) atoms. The third-order valence-corrected chi connectivity index (χ3v) is 5.06. The highest BCUT2D eigenvalue weighted by Gasteiger charge is 2.24. The van der Waals surface area contributed by atoms with Crippen LogP contribution in [0.25, 0.3) is 22.4 Å². The number of nitrogens with one attached hydrogen (secondary N) is 1. The number of benzene rings is 2. The highest BCUT2D eigenvalue weighted by atomic mass is 16.5. The van der Waals surface area contributed by atoms with Crippen molar-refractivity contribution in [3.8, 4) is 17.2 Å². The number of nitrogens with zero attached hydrogens (tertiary/aromatic N) is 2. The molecule has 2 aromatic carbocycles. The van der Waals surface area contributed by atoms with Crippen LogP contribution in [0.15, 0.2) is 65.2 Å². The Hall–Kier alpha value is -3.05. The Morgan fingerprint density at radius 2 is 2.00 bits per heavy atom. The lowest BCUT2D eigenvalue weighted by Crippen LogP contribution is -2.31. The fourth-order valence-electron chi connectivity index (χ4n) is 3.81. The second kappa shape index (κ2) is 6.59. The standard InChI is InChI=1S/C22H21N3O2/c1-25(14-18-10-15-6-2-4-8-19(15)26-18)13-17-12-23-24-22(17)21-11-16-7-3-5-9-20(16)27-21/h2-9,11-12,18H,10,13-14H2,1H3,(H,23,24)/t18-/m1/s1. The zero-order valence-corrected chi connectivity index (χ0v) is 15.2. The van der Waals surface area contributed by atoms with Crippen LogP contribution in [0.2, 0.25) is 0 Å². The summed E-state index contributed by atoms with van der Waals surface area (Å²) in [7, 11) is 2.11. The quantitative estimate of drug-likeness (QED) is 0.578. The number of hydrogen-bond donors (Lipinski definition) is 1. The first-order chi connectivity index (χ1) is 13.3. The normalized spacial score (nSPS) is 16.0. The Morgan fingerprint density at radius 1 is 1.15 bits per heavy atom. The smallest absolute Gasteiger partial charge is 0.153 e. The monoisotopic (exact) mass is 359 g/mol. The predicted molar refractivity (Wildman–Crippen MR) is 105 cm³/mol. The second-order valence-corrected chi connectivity index (χ2v) is 7.17. The number of rotatable bonds is 5. The number of furan rings is 1. The van der Waals surface area contributed by atoms with Crippen LogP contribution in [0.4, 0.5) is 0 Å². The van der Waals surface area contributed by atoms with Crippen LogP contribution in [0, 0.1) is 0 Å². The van der Waals surface area contributed by atoms with Gasteiger partial charge in [0, 0.05) is 30.5 Å². The number of fused-ring (bicyclic) bond motifs is 2. The number of para-hydroxylation sites is 2. The molecule has 0 saturated carbocycles. The lowest BCUT2D eigenvalue weighted by Gasteiger charge is -2.20. The van der Waals surface area contributed by atoms with Crippen molar-refractivity contribution in [1.29, 1.82) is 0 Å². The largest absolute Gasteiger partial charge is 0.488 e. The SMILES string of the molecule is CN(Cc1cn[nH]c1-c1cc2ccccc2o1)C[C@H]1Cc2ccccc2O1. The Kier molecular flexibility index (Phi) is 3.94. The van der Waals surface area contributed by atoms with Crippen LogP contribution in [-0.2, 0) is 13.0 Å². The van der Waals surface area contributed by atoms with Gasteiger partial charge in [-0.2, -0.15) is 5.10 Å². The summed E-state index contributed by atoms with van der Waals surface area (Å²) in [5.41, 5.74) is 4.24. The molecular weight excluding hydrogens is 338 g/mol. The van der Waals surface area contributed by atoms with E-state index in [0.717, 1.165) is 53.2 Å². The molecule has 1 N–H and O–H groups in total. The van der Waals surface area contributed by atoms with Crippen LogP contribution in [0.1, 0.15) is 11.1 Å². The van der Waals surface area contributed by atoms with Gasteiger partial charge in [0.1, 0.15) is 23.1 Å². The molecule has 0 aliphatic carbocycles. The number of aromatic nitrogens is 2. The first-order valence-corrected chi connectivity index (χ1v) is 9.20. The van der Waals surface area contributed by atoms with E-state index in [-0.39, 0.29) is 6.10 Å². The molecule has 1 atom stereocenters. The maximum atomic E-state index is 6.07. The zero-order valence-electron chi connectivity index (χ0n) is 15.2. The molecule has 0 fully saturated rings. The van der Waals surface area contributed by atoms with Crippen LogP contribution >= 0.6 is 0 Å². The molecule has 1 aliphatic rings. The van der Waals surface area contributed by atoms with Crippen molar-refractivity contribution in [1.82, 2.24) is 15.1 Å². The summed E-state index contributed by atoms with van der Waals surface area (Å²) in [6.45, 7) is 1.64. The summed E-state index contributed by atoms with van der Waals surface area (Å²) in [5.74, 6) is 1.84. The molecule has 5 heteroatoms. The third kappa shape index (κ3) is 3.11. The number of hydrogen-bond acceptors (Lipinski definition) is 4. The summed E-state index contributed by atoms with van der Waals surface area (Å²) in [6.07, 6.45) is 3.03. The molecule has 1 aliphatic heterocycles. The molecule has 0 saturated heterocycles. The van der Waals surface area contributed by atoms with E-state index < -0.39 is 0 Å². The number of aromatic amines is 1. The van der Waals surface area contributed by atoms with Crippen LogP contribution in [0.3, 0.4) is 0 Å². The summed E-state index contributed by atoms with van der Waals surface area (Å²) >= 11 is 0. The van der Waals surface area contributed by atoms with E-state index in [0.29, 0.717) is 0 Å². The zero-order chi connectivity index (χ0) is 18.2. The molecule has 3 heterocycles. The average Bonchev–Trinajstić information content (AvgIpc) is 3.38. The van der Waals surface area contributed by atoms with Gasteiger partial charge in [-0.25, -0.2) is 0 Å². The van der Waals surface area contributed by atoms with Crippen molar-refractivity contribution < 1.29 is 9.15 Å². The Labute approximate surface area is 157 Å². The lowest BCUT2D eigenvalue weighted by molar-refractivity contribution is 0.165. The van der Waals surface area contributed by atoms with Gasteiger partial charge in [-0.05, 0) is 30.8 Å². The number of H-pyrrole nitrogens is 1. The van der Waals surface area contributed by atoms with Gasteiger partial charge < -0.3 is 9.15 Å². The Bertz CT molecular complexity index is 1020. The summed E-state index contributed by atoms with van der Waals surface area (Å²) in [6, 6.07) is 18.4. The van der Waals surface area contributed by atoms with Crippen molar-refractivity contribution in [3.05, 3.63) is 71.9 Å². The minimum absolute atomic E-state index is 0.189. The fraction of sp³-hybridized carbons (Fsp3) is 0.227. The van der Waals surface area contributed by atoms with E-state index in [4.69, 9.17) is 9.15 Å². The first kappa shape index (κ1) is 16.1. The van der Waals surface area contributed by atoms with E-state index in [1.165, 1.54) is 5.56 Å². The maximum Gasteiger partial charge on any atom is 0.153 e. The number of likely N-dealkylation sites (N-methyl/N-ethyl adjacent to an activating group) is 1. The first-order valence-electron chi connectivity index (χ1n) is 9.20. The van der Waals surface area contributed by atoms with Gasteiger partial charge in [0.05, 0.1) is 6.20 Å². The van der Waals surface area contributed by atoms with Gasteiger partial charge in [-0.1, -0.05) is 36.4 Å². The second-order valence-electron chi connectivity index (χ2n) is 7.17.